The van der Waals surface area contributed by atoms with Crippen LogP contribution in [0.25, 0.3) is 0 Å². The highest BCUT2D eigenvalue weighted by atomic mass is 32.2. The van der Waals surface area contributed by atoms with Crippen LogP contribution in [0.2, 0.25) is 0 Å². The molecule has 0 heterocycles. The molecule has 2 atom stereocenters. The first-order valence-electron chi connectivity index (χ1n) is 5.89. The van der Waals surface area contributed by atoms with Gasteiger partial charge in [0.1, 0.15) is 11.9 Å². The SMILES string of the molecule is C#C[C@@H](N[S@@](=O)C(C)(C)C)c1cccc(C(F)F)c1F. The Labute approximate surface area is 119 Å². The summed E-state index contributed by atoms with van der Waals surface area (Å²) in [5.41, 5.74) is -0.825. The van der Waals surface area contributed by atoms with Gasteiger partial charge in [-0.3, -0.25) is 0 Å². The number of rotatable bonds is 4. The summed E-state index contributed by atoms with van der Waals surface area (Å²) < 4.78 is 53.2. The van der Waals surface area contributed by atoms with E-state index in [2.05, 4.69) is 10.6 Å². The Bertz CT molecular complexity index is 546. The maximum absolute atomic E-state index is 14.0. The third-order valence-electron chi connectivity index (χ3n) is 2.55. The van der Waals surface area contributed by atoms with Crippen molar-refractivity contribution < 1.29 is 17.4 Å². The molecule has 0 aromatic heterocycles. The number of halogens is 3. The third kappa shape index (κ3) is 3.84. The van der Waals surface area contributed by atoms with Crippen LogP contribution in [0.3, 0.4) is 0 Å². The first-order chi connectivity index (χ1) is 9.18. The largest absolute Gasteiger partial charge is 0.266 e. The molecule has 0 amide bonds. The van der Waals surface area contributed by atoms with Crippen molar-refractivity contribution in [3.8, 4) is 12.3 Å². The van der Waals surface area contributed by atoms with Gasteiger partial charge in [-0.1, -0.05) is 24.1 Å². The van der Waals surface area contributed by atoms with Crippen molar-refractivity contribution >= 4 is 11.0 Å². The van der Waals surface area contributed by atoms with Crippen molar-refractivity contribution in [2.75, 3.05) is 0 Å². The maximum Gasteiger partial charge on any atom is 0.266 e. The van der Waals surface area contributed by atoms with Gasteiger partial charge in [0.2, 0.25) is 0 Å². The Morgan fingerprint density at radius 2 is 1.85 bits per heavy atom. The van der Waals surface area contributed by atoms with Crippen molar-refractivity contribution in [1.82, 2.24) is 4.72 Å². The highest BCUT2D eigenvalue weighted by molar-refractivity contribution is 7.84. The van der Waals surface area contributed by atoms with Crippen LogP contribution in [0.5, 0.6) is 0 Å². The van der Waals surface area contributed by atoms with Gasteiger partial charge >= 0.3 is 0 Å². The molecule has 0 aliphatic carbocycles. The summed E-state index contributed by atoms with van der Waals surface area (Å²) in [4.78, 5) is 0. The highest BCUT2D eigenvalue weighted by Crippen LogP contribution is 2.27. The molecule has 0 aliphatic rings. The minimum Gasteiger partial charge on any atom is -0.242 e. The van der Waals surface area contributed by atoms with Crippen molar-refractivity contribution in [2.24, 2.45) is 0 Å². The number of hydrogen-bond donors (Lipinski definition) is 1. The Kier molecular flexibility index (Phi) is 5.37. The zero-order valence-corrected chi connectivity index (χ0v) is 12.2. The van der Waals surface area contributed by atoms with Gasteiger partial charge in [-0.05, 0) is 20.8 Å². The van der Waals surface area contributed by atoms with Gasteiger partial charge in [0, 0.05) is 5.56 Å². The molecule has 0 radical (unpaired) electrons. The minimum absolute atomic E-state index is 0.108. The molecule has 1 rings (SSSR count). The molecule has 0 unspecified atom stereocenters. The van der Waals surface area contributed by atoms with Crippen LogP contribution < -0.4 is 4.72 Å². The van der Waals surface area contributed by atoms with Crippen LogP contribution in [0.15, 0.2) is 18.2 Å². The van der Waals surface area contributed by atoms with Crippen molar-refractivity contribution in [3.05, 3.63) is 35.1 Å². The lowest BCUT2D eigenvalue weighted by Gasteiger charge is -2.22. The average molecular weight is 303 g/mol. The lowest BCUT2D eigenvalue weighted by molar-refractivity contribution is 0.146. The standard InChI is InChI=1S/C14H16F3NOS/c1-5-11(18-20(19)14(2,3)4)9-7-6-8-10(12(9)15)13(16)17/h1,6-8,11,13,18H,2-4H3/t11-,20+/m1/s1. The molecule has 0 aliphatic heterocycles. The molecule has 0 saturated heterocycles. The molecule has 2 nitrogen and oxygen atoms in total. The minimum atomic E-state index is -2.93. The summed E-state index contributed by atoms with van der Waals surface area (Å²) in [5, 5.41) is 0. The number of benzene rings is 1. The molecular weight excluding hydrogens is 287 g/mol. The highest BCUT2D eigenvalue weighted by Gasteiger charge is 2.26. The second-order valence-electron chi connectivity index (χ2n) is 5.15. The van der Waals surface area contributed by atoms with E-state index in [0.717, 1.165) is 6.07 Å². The Morgan fingerprint density at radius 3 is 2.30 bits per heavy atom. The molecule has 0 bridgehead atoms. The van der Waals surface area contributed by atoms with E-state index < -0.39 is 39.6 Å². The molecule has 1 aromatic rings. The number of nitrogens with one attached hydrogen (secondary N) is 1. The van der Waals surface area contributed by atoms with Crippen LogP contribution in [-0.2, 0) is 11.0 Å². The fraction of sp³-hybridized carbons (Fsp3) is 0.429. The predicted molar refractivity (Wildman–Crippen MR) is 74.0 cm³/mol. The first-order valence-corrected chi connectivity index (χ1v) is 7.04. The fourth-order valence-electron chi connectivity index (χ4n) is 1.43. The average Bonchev–Trinajstić information content (AvgIpc) is 2.34. The monoisotopic (exact) mass is 303 g/mol. The molecule has 0 saturated carbocycles. The third-order valence-corrected chi connectivity index (χ3v) is 4.11. The van der Waals surface area contributed by atoms with Gasteiger partial charge in [-0.15, -0.1) is 6.42 Å². The lowest BCUT2D eigenvalue weighted by Crippen LogP contribution is -2.35. The molecule has 1 aromatic carbocycles. The van der Waals surface area contributed by atoms with Gasteiger partial charge in [0.15, 0.2) is 0 Å². The fourth-order valence-corrected chi connectivity index (χ4v) is 2.19. The molecule has 0 spiro atoms. The molecule has 0 fully saturated rings. The van der Waals surface area contributed by atoms with Gasteiger partial charge < -0.3 is 0 Å². The smallest absolute Gasteiger partial charge is 0.242 e. The van der Waals surface area contributed by atoms with E-state index >= 15 is 0 Å². The second-order valence-corrected chi connectivity index (χ2v) is 7.15. The molecular formula is C14H16F3NOS. The van der Waals surface area contributed by atoms with Crippen molar-refractivity contribution in [3.63, 3.8) is 0 Å². The second kappa shape index (κ2) is 6.42. The van der Waals surface area contributed by atoms with Crippen LogP contribution in [-0.4, -0.2) is 8.96 Å². The number of alkyl halides is 2. The van der Waals surface area contributed by atoms with E-state index in [4.69, 9.17) is 6.42 Å². The summed E-state index contributed by atoms with van der Waals surface area (Å²) in [5.74, 6) is 1.17. The van der Waals surface area contributed by atoms with Crippen LogP contribution in [0.4, 0.5) is 13.2 Å². The predicted octanol–water partition coefficient (Wildman–Crippen LogP) is 3.49. The van der Waals surface area contributed by atoms with E-state index in [1.165, 1.54) is 12.1 Å². The van der Waals surface area contributed by atoms with Gasteiger partial charge in [0.05, 0.1) is 21.3 Å². The van der Waals surface area contributed by atoms with E-state index in [9.17, 15) is 17.4 Å². The Hall–Kier alpha value is -1.32. The van der Waals surface area contributed by atoms with Crippen molar-refractivity contribution in [1.29, 1.82) is 0 Å². The summed E-state index contributed by atoms with van der Waals surface area (Å²) in [7, 11) is -1.54. The number of terminal acetylenes is 1. The quantitative estimate of drug-likeness (QED) is 0.848. The van der Waals surface area contributed by atoms with Crippen LogP contribution in [0, 0.1) is 18.2 Å². The van der Waals surface area contributed by atoms with Crippen molar-refractivity contribution in [2.45, 2.75) is 38.0 Å². The van der Waals surface area contributed by atoms with E-state index in [1.54, 1.807) is 20.8 Å². The zero-order valence-electron chi connectivity index (χ0n) is 11.4. The molecule has 1 N–H and O–H groups in total. The van der Waals surface area contributed by atoms with E-state index in [0.29, 0.717) is 0 Å². The van der Waals surface area contributed by atoms with Gasteiger partial charge in [-0.2, -0.15) is 0 Å². The topological polar surface area (TPSA) is 29.1 Å². The zero-order chi connectivity index (χ0) is 15.5. The Morgan fingerprint density at radius 1 is 1.30 bits per heavy atom. The summed E-state index contributed by atoms with van der Waals surface area (Å²) in [6.07, 6.45) is 2.36. The summed E-state index contributed by atoms with van der Waals surface area (Å²) >= 11 is 0. The van der Waals surface area contributed by atoms with Gasteiger partial charge in [0.25, 0.3) is 6.43 Å². The van der Waals surface area contributed by atoms with Crippen LogP contribution >= 0.6 is 0 Å². The van der Waals surface area contributed by atoms with E-state index in [1.807, 2.05) is 0 Å². The van der Waals surface area contributed by atoms with Gasteiger partial charge in [-0.25, -0.2) is 22.1 Å². The number of hydrogen-bond acceptors (Lipinski definition) is 1. The normalized spacial score (nSPS) is 14.9. The Balaban J connectivity index is 3.12. The maximum atomic E-state index is 14.0. The first kappa shape index (κ1) is 16.7. The molecule has 20 heavy (non-hydrogen) atoms. The van der Waals surface area contributed by atoms with E-state index in [-0.39, 0.29) is 5.56 Å². The van der Waals surface area contributed by atoms with Crippen LogP contribution in [0.1, 0.15) is 44.4 Å². The molecule has 6 heteroatoms. The summed E-state index contributed by atoms with van der Waals surface area (Å²) in [6.45, 7) is 5.15. The lowest BCUT2D eigenvalue weighted by atomic mass is 10.0. The summed E-state index contributed by atoms with van der Waals surface area (Å²) in [6, 6.07) is 2.57. The molecule has 110 valence electrons.